The van der Waals surface area contributed by atoms with E-state index >= 15 is 0 Å². The number of nitrogens with zero attached hydrogens (tertiary/aromatic N) is 2. The number of carboxylic acid groups (broad SMARTS) is 1. The van der Waals surface area contributed by atoms with E-state index in [9.17, 15) is 14.7 Å². The fraction of sp³-hybridized carbons (Fsp3) is 0.440. The quantitative estimate of drug-likeness (QED) is 0.541. The summed E-state index contributed by atoms with van der Waals surface area (Å²) in [6.45, 7) is 9.69. The second-order valence-electron chi connectivity index (χ2n) is 8.25. The SMILES string of the molecule is CCN(CC)C(C)C1(CC(=O)O)c2cc(OC)ccc2N(C(=O)c2ccc(Cl)cc2)C1C.Cl. The number of carbonyl (C=O) groups excluding carboxylic acids is 1. The van der Waals surface area contributed by atoms with Crippen LogP contribution in [0.3, 0.4) is 0 Å². The first-order chi connectivity index (χ1) is 15.2. The monoisotopic (exact) mass is 494 g/mol. The molecule has 3 unspecified atom stereocenters. The number of likely N-dealkylation sites (N-methyl/N-ethyl adjacent to an activating group) is 1. The van der Waals surface area contributed by atoms with Crippen LogP contribution < -0.4 is 9.64 Å². The number of hydrogen-bond donors (Lipinski definition) is 1. The molecule has 1 N–H and O–H groups in total. The number of benzene rings is 2. The fourth-order valence-electron chi connectivity index (χ4n) is 5.22. The number of anilines is 1. The van der Waals surface area contributed by atoms with Crippen LogP contribution in [-0.4, -0.2) is 54.2 Å². The molecule has 0 saturated carbocycles. The summed E-state index contributed by atoms with van der Waals surface area (Å²) < 4.78 is 5.48. The van der Waals surface area contributed by atoms with Crippen LogP contribution in [0.4, 0.5) is 5.69 Å². The van der Waals surface area contributed by atoms with E-state index in [1.165, 1.54) is 0 Å². The molecule has 0 aromatic heterocycles. The van der Waals surface area contributed by atoms with Crippen molar-refractivity contribution in [1.29, 1.82) is 0 Å². The molecule has 2 aromatic carbocycles. The van der Waals surface area contributed by atoms with Crippen molar-refractivity contribution in [3.05, 3.63) is 58.6 Å². The summed E-state index contributed by atoms with van der Waals surface area (Å²) in [4.78, 5) is 29.9. The molecular formula is C25H32Cl2N2O4. The molecular weight excluding hydrogens is 463 g/mol. The third-order valence-corrected chi connectivity index (χ3v) is 7.21. The average Bonchev–Trinajstić information content (AvgIpc) is 3.02. The van der Waals surface area contributed by atoms with Crippen molar-refractivity contribution < 1.29 is 19.4 Å². The predicted molar refractivity (Wildman–Crippen MR) is 134 cm³/mol. The number of amides is 1. The van der Waals surface area contributed by atoms with Gasteiger partial charge in [-0.1, -0.05) is 25.4 Å². The van der Waals surface area contributed by atoms with Crippen molar-refractivity contribution in [3.63, 3.8) is 0 Å². The molecule has 1 heterocycles. The Balaban J connectivity index is 0.00000385. The van der Waals surface area contributed by atoms with E-state index < -0.39 is 11.4 Å². The first kappa shape index (κ1) is 27.0. The number of aliphatic carboxylic acids is 1. The zero-order valence-corrected chi connectivity index (χ0v) is 21.2. The van der Waals surface area contributed by atoms with E-state index in [2.05, 4.69) is 25.7 Å². The van der Waals surface area contributed by atoms with Crippen LogP contribution in [0, 0.1) is 0 Å². The number of carboxylic acids is 1. The van der Waals surface area contributed by atoms with Gasteiger partial charge in [0, 0.05) is 33.8 Å². The Morgan fingerprint density at radius 1 is 1.18 bits per heavy atom. The Kier molecular flexibility index (Phi) is 8.80. The van der Waals surface area contributed by atoms with Crippen molar-refractivity contribution in [3.8, 4) is 5.75 Å². The molecule has 0 bridgehead atoms. The molecule has 1 aliphatic heterocycles. The van der Waals surface area contributed by atoms with Gasteiger partial charge in [0.2, 0.25) is 0 Å². The van der Waals surface area contributed by atoms with Crippen LogP contribution in [0.5, 0.6) is 5.75 Å². The minimum atomic E-state index is -0.898. The van der Waals surface area contributed by atoms with Gasteiger partial charge in [-0.3, -0.25) is 9.59 Å². The molecule has 0 saturated heterocycles. The summed E-state index contributed by atoms with van der Waals surface area (Å²) in [5.74, 6) is -0.441. The number of fused-ring (bicyclic) bond motifs is 1. The zero-order chi connectivity index (χ0) is 23.6. The highest BCUT2D eigenvalue weighted by Gasteiger charge is 2.56. The van der Waals surface area contributed by atoms with Crippen molar-refractivity contribution in [2.24, 2.45) is 0 Å². The molecule has 1 aliphatic rings. The summed E-state index contributed by atoms with van der Waals surface area (Å²) in [7, 11) is 1.59. The van der Waals surface area contributed by atoms with Crippen molar-refractivity contribution in [2.45, 2.75) is 51.6 Å². The van der Waals surface area contributed by atoms with Gasteiger partial charge in [-0.2, -0.15) is 0 Å². The molecule has 33 heavy (non-hydrogen) atoms. The Labute approximate surface area is 206 Å². The minimum Gasteiger partial charge on any atom is -0.497 e. The standard InChI is InChI=1S/C25H31ClN2O4.ClH/c1-6-27(7-2)16(3)25(15-23(29)30)17(4)28(22-13-12-20(32-5)14-21(22)25)24(31)18-8-10-19(26)11-9-18;/h8-14,16-17H,6-7,15H2,1-5H3,(H,29,30);1H. The lowest BCUT2D eigenvalue weighted by atomic mass is 9.68. The molecule has 0 radical (unpaired) electrons. The number of hydrogen-bond acceptors (Lipinski definition) is 4. The van der Waals surface area contributed by atoms with E-state index in [1.54, 1.807) is 36.3 Å². The van der Waals surface area contributed by atoms with E-state index in [4.69, 9.17) is 16.3 Å². The van der Waals surface area contributed by atoms with Gasteiger partial charge in [0.15, 0.2) is 0 Å². The molecule has 8 heteroatoms. The largest absolute Gasteiger partial charge is 0.497 e. The second kappa shape index (κ2) is 10.8. The van der Waals surface area contributed by atoms with Gasteiger partial charge in [-0.15, -0.1) is 12.4 Å². The van der Waals surface area contributed by atoms with Crippen LogP contribution in [0.25, 0.3) is 0 Å². The smallest absolute Gasteiger partial charge is 0.304 e. The van der Waals surface area contributed by atoms with Gasteiger partial charge >= 0.3 is 5.97 Å². The second-order valence-corrected chi connectivity index (χ2v) is 8.69. The summed E-state index contributed by atoms with van der Waals surface area (Å²) in [5, 5.41) is 10.5. The Bertz CT molecular complexity index is 994. The maximum Gasteiger partial charge on any atom is 0.304 e. The van der Waals surface area contributed by atoms with Crippen LogP contribution in [0.1, 0.15) is 50.0 Å². The lowest BCUT2D eigenvalue weighted by Crippen LogP contribution is -2.57. The summed E-state index contributed by atoms with van der Waals surface area (Å²) in [6.07, 6.45) is -0.101. The van der Waals surface area contributed by atoms with Crippen LogP contribution in [0.15, 0.2) is 42.5 Å². The van der Waals surface area contributed by atoms with Gasteiger partial charge in [0.25, 0.3) is 5.91 Å². The van der Waals surface area contributed by atoms with Crippen LogP contribution in [0.2, 0.25) is 5.02 Å². The van der Waals surface area contributed by atoms with Gasteiger partial charge in [-0.05, 0) is 75.0 Å². The highest BCUT2D eigenvalue weighted by molar-refractivity contribution is 6.30. The molecule has 0 aliphatic carbocycles. The van der Waals surface area contributed by atoms with E-state index in [0.29, 0.717) is 16.3 Å². The Morgan fingerprint density at radius 3 is 2.30 bits per heavy atom. The maximum absolute atomic E-state index is 13.7. The van der Waals surface area contributed by atoms with Gasteiger partial charge in [-0.25, -0.2) is 0 Å². The van der Waals surface area contributed by atoms with Crippen molar-refractivity contribution in [2.75, 3.05) is 25.1 Å². The molecule has 0 spiro atoms. The van der Waals surface area contributed by atoms with E-state index in [-0.39, 0.29) is 36.8 Å². The van der Waals surface area contributed by atoms with Crippen molar-refractivity contribution in [1.82, 2.24) is 4.90 Å². The molecule has 3 rings (SSSR count). The van der Waals surface area contributed by atoms with Crippen LogP contribution >= 0.6 is 24.0 Å². The summed E-state index contributed by atoms with van der Waals surface area (Å²) >= 11 is 6.02. The maximum atomic E-state index is 13.7. The predicted octanol–water partition coefficient (Wildman–Crippen LogP) is 5.26. The van der Waals surface area contributed by atoms with Gasteiger partial charge in [0.05, 0.1) is 13.5 Å². The lowest BCUT2D eigenvalue weighted by Gasteiger charge is -2.45. The number of ether oxygens (including phenoxy) is 1. The number of rotatable bonds is 8. The van der Waals surface area contributed by atoms with Crippen LogP contribution in [-0.2, 0) is 10.2 Å². The molecule has 6 nitrogen and oxygen atoms in total. The normalized spacial score (nSPS) is 20.2. The van der Waals surface area contributed by atoms with E-state index in [0.717, 1.165) is 24.3 Å². The third-order valence-electron chi connectivity index (χ3n) is 6.96. The Morgan fingerprint density at radius 2 is 1.79 bits per heavy atom. The highest BCUT2D eigenvalue weighted by atomic mass is 35.5. The molecule has 2 aromatic rings. The summed E-state index contributed by atoms with van der Waals surface area (Å²) in [6, 6.07) is 11.8. The van der Waals surface area contributed by atoms with Gasteiger partial charge < -0.3 is 19.6 Å². The first-order valence-electron chi connectivity index (χ1n) is 10.9. The Hall–Kier alpha value is -2.28. The minimum absolute atomic E-state index is 0. The lowest BCUT2D eigenvalue weighted by molar-refractivity contribution is -0.139. The first-order valence-corrected chi connectivity index (χ1v) is 11.3. The zero-order valence-electron chi connectivity index (χ0n) is 19.7. The highest BCUT2D eigenvalue weighted by Crippen LogP contribution is 2.52. The molecule has 0 fully saturated rings. The van der Waals surface area contributed by atoms with E-state index in [1.807, 2.05) is 25.1 Å². The van der Waals surface area contributed by atoms with Crippen molar-refractivity contribution >= 4 is 41.6 Å². The molecule has 180 valence electrons. The molecule has 1 amide bonds. The topological polar surface area (TPSA) is 70.1 Å². The van der Waals surface area contributed by atoms with Gasteiger partial charge in [0.1, 0.15) is 5.75 Å². The number of methoxy groups -OCH3 is 1. The third kappa shape index (κ3) is 4.70. The average molecular weight is 495 g/mol. The number of halogens is 2. The molecule has 3 atom stereocenters. The fourth-order valence-corrected chi connectivity index (χ4v) is 5.34. The summed E-state index contributed by atoms with van der Waals surface area (Å²) in [5.41, 5.74) is 1.24. The number of carbonyl (C=O) groups is 2.